The summed E-state index contributed by atoms with van der Waals surface area (Å²) in [6.07, 6.45) is -4.66. The number of benzene rings is 1. The van der Waals surface area contributed by atoms with E-state index in [9.17, 15) is 21.6 Å². The van der Waals surface area contributed by atoms with Crippen LogP contribution in [0.2, 0.25) is 5.02 Å². The van der Waals surface area contributed by atoms with Gasteiger partial charge in [-0.2, -0.15) is 13.2 Å². The first-order chi connectivity index (χ1) is 12.2. The summed E-state index contributed by atoms with van der Waals surface area (Å²) < 4.78 is 69.0. The van der Waals surface area contributed by atoms with Gasteiger partial charge in [-0.15, -0.1) is 11.3 Å². The quantitative estimate of drug-likeness (QED) is 0.654. The molecule has 11 heteroatoms. The third-order valence-electron chi connectivity index (χ3n) is 3.30. The van der Waals surface area contributed by atoms with Crippen molar-refractivity contribution in [1.29, 1.82) is 0 Å². The zero-order valence-corrected chi connectivity index (χ0v) is 15.1. The highest BCUT2D eigenvalue weighted by atomic mass is 35.5. The average Bonchev–Trinajstić information content (AvgIpc) is 3.23. The second-order valence-electron chi connectivity index (χ2n) is 5.11. The molecule has 2 aromatic heterocycles. The maximum Gasteiger partial charge on any atom is 0.452 e. The van der Waals surface area contributed by atoms with Crippen molar-refractivity contribution >= 4 is 33.0 Å². The summed E-state index contributed by atoms with van der Waals surface area (Å²) in [4.78, 5) is 0.238. The van der Waals surface area contributed by atoms with E-state index in [4.69, 9.17) is 11.6 Å². The van der Waals surface area contributed by atoms with Crippen molar-refractivity contribution in [2.45, 2.75) is 16.9 Å². The third-order valence-corrected chi connectivity index (χ3v) is 6.67. The first kappa shape index (κ1) is 18.9. The second kappa shape index (κ2) is 7.03. The van der Waals surface area contributed by atoms with Crippen LogP contribution in [0.15, 0.2) is 51.2 Å². The number of rotatable bonds is 5. The molecule has 3 aromatic rings. The Morgan fingerprint density at radius 2 is 1.92 bits per heavy atom. The Labute approximate surface area is 155 Å². The number of sulfonamides is 1. The highest BCUT2D eigenvalue weighted by Crippen LogP contribution is 2.35. The van der Waals surface area contributed by atoms with Crippen molar-refractivity contribution < 1.29 is 26.1 Å². The van der Waals surface area contributed by atoms with Gasteiger partial charge in [0.15, 0.2) is 0 Å². The number of thiophene rings is 1. The Bertz CT molecular complexity index is 1030. The van der Waals surface area contributed by atoms with Gasteiger partial charge >= 0.3 is 6.18 Å². The van der Waals surface area contributed by atoms with Gasteiger partial charge in [0.2, 0.25) is 15.8 Å². The molecular weight excluding hydrogens is 413 g/mol. The zero-order chi connectivity index (χ0) is 18.9. The fourth-order valence-electron chi connectivity index (χ4n) is 2.01. The fourth-order valence-corrected chi connectivity index (χ4v) is 4.52. The molecule has 5 nitrogen and oxygen atoms in total. The van der Waals surface area contributed by atoms with Crippen molar-refractivity contribution in [1.82, 2.24) is 9.88 Å². The van der Waals surface area contributed by atoms with Crippen LogP contribution < -0.4 is 4.72 Å². The fraction of sp³-hybridized carbons (Fsp3) is 0.133. The molecule has 0 spiro atoms. The highest BCUT2D eigenvalue weighted by Gasteiger charge is 2.36. The first-order valence-corrected chi connectivity index (χ1v) is 9.72. The molecule has 0 saturated heterocycles. The molecule has 1 N–H and O–H groups in total. The lowest BCUT2D eigenvalue weighted by Crippen LogP contribution is -2.22. The lowest BCUT2D eigenvalue weighted by molar-refractivity contribution is -0.155. The van der Waals surface area contributed by atoms with Crippen LogP contribution in [0.4, 0.5) is 13.2 Å². The molecule has 0 aliphatic rings. The Balaban J connectivity index is 1.78. The van der Waals surface area contributed by atoms with Crippen molar-refractivity contribution in [3.63, 3.8) is 0 Å². The third kappa shape index (κ3) is 4.09. The summed E-state index contributed by atoms with van der Waals surface area (Å²) >= 11 is 6.76. The van der Waals surface area contributed by atoms with Gasteiger partial charge in [0.25, 0.3) is 0 Å². The van der Waals surface area contributed by atoms with E-state index < -0.39 is 22.0 Å². The van der Waals surface area contributed by atoms with E-state index >= 15 is 0 Å². The second-order valence-corrected chi connectivity index (χ2v) is 8.59. The molecule has 0 amide bonds. The van der Waals surface area contributed by atoms with Crippen molar-refractivity contribution in [3.05, 3.63) is 58.8 Å². The lowest BCUT2D eigenvalue weighted by Gasteiger charge is -2.06. The molecule has 1 aromatic carbocycles. The molecule has 0 aliphatic carbocycles. The largest absolute Gasteiger partial charge is 0.452 e. The SMILES string of the molecule is O=S(=O)(NCc1ccccc1Cl)c1ccc(-c2cc(C(F)(F)F)on2)s1. The van der Waals surface area contributed by atoms with E-state index in [1.54, 1.807) is 24.3 Å². The Hall–Kier alpha value is -1.88. The normalized spacial score (nSPS) is 12.5. The predicted molar refractivity (Wildman–Crippen MR) is 90.3 cm³/mol. The van der Waals surface area contributed by atoms with E-state index in [-0.39, 0.29) is 21.3 Å². The summed E-state index contributed by atoms with van der Waals surface area (Å²) in [7, 11) is -3.85. The van der Waals surface area contributed by atoms with Gasteiger partial charge in [-0.05, 0) is 23.8 Å². The maximum atomic E-state index is 12.6. The van der Waals surface area contributed by atoms with Gasteiger partial charge in [0.05, 0.1) is 4.88 Å². The van der Waals surface area contributed by atoms with Crippen LogP contribution in [0.5, 0.6) is 0 Å². The maximum absolute atomic E-state index is 12.6. The lowest BCUT2D eigenvalue weighted by atomic mass is 10.2. The van der Waals surface area contributed by atoms with E-state index in [1.165, 1.54) is 12.1 Å². The smallest absolute Gasteiger partial charge is 0.351 e. The molecule has 3 rings (SSSR count). The molecule has 0 bridgehead atoms. The number of halogens is 4. The summed E-state index contributed by atoms with van der Waals surface area (Å²) in [5.74, 6) is -1.25. The van der Waals surface area contributed by atoms with Gasteiger partial charge in [0, 0.05) is 17.6 Å². The molecular formula is C15H10ClF3N2O3S2. The molecule has 0 radical (unpaired) electrons. The Morgan fingerprint density at radius 3 is 2.58 bits per heavy atom. The number of alkyl halides is 3. The van der Waals surface area contributed by atoms with Gasteiger partial charge in [-0.1, -0.05) is 35.0 Å². The van der Waals surface area contributed by atoms with Crippen molar-refractivity contribution in [2.75, 3.05) is 0 Å². The summed E-state index contributed by atoms with van der Waals surface area (Å²) in [5, 5.41) is 3.76. The van der Waals surface area contributed by atoms with Crippen LogP contribution >= 0.6 is 22.9 Å². The number of aromatic nitrogens is 1. The van der Waals surface area contributed by atoms with Crippen LogP contribution in [0.1, 0.15) is 11.3 Å². The minimum Gasteiger partial charge on any atom is -0.351 e. The van der Waals surface area contributed by atoms with Gasteiger partial charge in [-0.25, -0.2) is 13.1 Å². The van der Waals surface area contributed by atoms with Crippen molar-refractivity contribution in [3.8, 4) is 10.6 Å². The summed E-state index contributed by atoms with van der Waals surface area (Å²) in [5.41, 5.74) is 0.510. The average molecular weight is 423 g/mol. The van der Waals surface area contributed by atoms with Gasteiger partial charge in [0.1, 0.15) is 9.90 Å². The van der Waals surface area contributed by atoms with Crippen LogP contribution in [-0.4, -0.2) is 13.6 Å². The predicted octanol–water partition coefficient (Wildman–Crippen LogP) is 4.55. The van der Waals surface area contributed by atoms with E-state index in [0.717, 1.165) is 17.4 Å². The van der Waals surface area contributed by atoms with Crippen LogP contribution in [0.3, 0.4) is 0 Å². The zero-order valence-electron chi connectivity index (χ0n) is 12.7. The van der Waals surface area contributed by atoms with Gasteiger partial charge in [-0.3, -0.25) is 0 Å². The van der Waals surface area contributed by atoms with Crippen LogP contribution in [-0.2, 0) is 22.7 Å². The number of nitrogens with zero attached hydrogens (tertiary/aromatic N) is 1. The minimum atomic E-state index is -4.66. The Morgan fingerprint density at radius 1 is 1.19 bits per heavy atom. The molecule has 0 fully saturated rings. The topological polar surface area (TPSA) is 72.2 Å². The molecule has 0 saturated carbocycles. The van der Waals surface area contributed by atoms with Crippen LogP contribution in [0, 0.1) is 0 Å². The molecule has 0 aliphatic heterocycles. The monoisotopic (exact) mass is 422 g/mol. The number of nitrogens with one attached hydrogen (secondary N) is 1. The summed E-state index contributed by atoms with van der Waals surface area (Å²) in [6.45, 7) is -0.0164. The number of hydrogen-bond donors (Lipinski definition) is 1. The minimum absolute atomic E-state index is 0.0164. The van der Waals surface area contributed by atoms with Crippen LogP contribution in [0.25, 0.3) is 10.6 Å². The molecule has 138 valence electrons. The number of hydrogen-bond acceptors (Lipinski definition) is 5. The van der Waals surface area contributed by atoms with E-state index in [1.807, 2.05) is 0 Å². The highest BCUT2D eigenvalue weighted by molar-refractivity contribution is 7.91. The molecule has 26 heavy (non-hydrogen) atoms. The molecule has 0 unspecified atom stereocenters. The molecule has 2 heterocycles. The van der Waals surface area contributed by atoms with E-state index in [0.29, 0.717) is 10.6 Å². The van der Waals surface area contributed by atoms with Crippen molar-refractivity contribution in [2.24, 2.45) is 0 Å². The van der Waals surface area contributed by atoms with Gasteiger partial charge < -0.3 is 4.52 Å². The molecule has 0 atom stereocenters. The standard InChI is InChI=1S/C15H10ClF3N2O3S2/c16-10-4-2-1-3-9(10)8-20-26(22,23)14-6-5-12(25-14)11-7-13(24-21-11)15(17,18)19/h1-7,20H,8H2. The summed E-state index contributed by atoms with van der Waals surface area (Å²) in [6, 6.07) is 10.1. The van der Waals surface area contributed by atoms with E-state index in [2.05, 4.69) is 14.4 Å². The first-order valence-electron chi connectivity index (χ1n) is 7.04. The Kier molecular flexibility index (Phi) is 5.11.